The Bertz CT molecular complexity index is 670. The van der Waals surface area contributed by atoms with Crippen molar-refractivity contribution in [1.29, 1.82) is 5.26 Å². The van der Waals surface area contributed by atoms with Crippen LogP contribution in [-0.4, -0.2) is 11.6 Å². The molecule has 0 saturated heterocycles. The molecule has 3 saturated carbocycles. The van der Waals surface area contributed by atoms with Crippen LogP contribution in [0.3, 0.4) is 0 Å². The number of allylic oxidation sites excluding steroid dienone is 1. The van der Waals surface area contributed by atoms with E-state index in [0.717, 1.165) is 50.5 Å². The van der Waals surface area contributed by atoms with E-state index in [1.54, 1.807) is 0 Å². The summed E-state index contributed by atoms with van der Waals surface area (Å²) in [6, 6.07) is 2.21. The molecule has 0 aromatic carbocycles. The van der Waals surface area contributed by atoms with Crippen molar-refractivity contribution < 1.29 is 9.59 Å². The van der Waals surface area contributed by atoms with E-state index in [1.807, 2.05) is 0 Å². The van der Waals surface area contributed by atoms with E-state index in [2.05, 4.69) is 19.9 Å². The maximum Gasteiger partial charge on any atom is 0.173 e. The number of hydrogen-bond acceptors (Lipinski definition) is 3. The summed E-state index contributed by atoms with van der Waals surface area (Å²) in [7, 11) is 0. The van der Waals surface area contributed by atoms with E-state index in [0.29, 0.717) is 35.5 Å². The van der Waals surface area contributed by atoms with Gasteiger partial charge in [-0.2, -0.15) is 5.26 Å². The van der Waals surface area contributed by atoms with Gasteiger partial charge in [0.2, 0.25) is 0 Å². The molecule has 4 aliphatic carbocycles. The zero-order valence-electron chi connectivity index (χ0n) is 14.2. The van der Waals surface area contributed by atoms with Crippen LogP contribution in [0.15, 0.2) is 11.1 Å². The molecule has 3 fully saturated rings. The van der Waals surface area contributed by atoms with E-state index >= 15 is 0 Å². The second kappa shape index (κ2) is 4.79. The monoisotopic (exact) mass is 311 g/mol. The molecule has 3 nitrogen and oxygen atoms in total. The Morgan fingerprint density at radius 3 is 2.43 bits per heavy atom. The van der Waals surface area contributed by atoms with Gasteiger partial charge in [0.1, 0.15) is 11.9 Å². The van der Waals surface area contributed by atoms with Gasteiger partial charge in [0.25, 0.3) is 0 Å². The molecule has 0 amide bonds. The highest BCUT2D eigenvalue weighted by molar-refractivity contribution is 6.01. The first-order valence-corrected chi connectivity index (χ1v) is 9.12. The van der Waals surface area contributed by atoms with Crippen LogP contribution in [0.4, 0.5) is 0 Å². The summed E-state index contributed by atoms with van der Waals surface area (Å²) in [4.78, 5) is 24.5. The zero-order valence-corrected chi connectivity index (χ0v) is 14.2. The van der Waals surface area contributed by atoms with Crippen molar-refractivity contribution in [3.63, 3.8) is 0 Å². The largest absolute Gasteiger partial charge is 0.299 e. The molecule has 0 N–H and O–H groups in total. The maximum absolute atomic E-state index is 12.4. The van der Waals surface area contributed by atoms with E-state index in [9.17, 15) is 14.9 Å². The Morgan fingerprint density at radius 2 is 1.70 bits per heavy atom. The number of rotatable bonds is 0. The smallest absolute Gasteiger partial charge is 0.173 e. The average Bonchev–Trinajstić information content (AvgIpc) is 2.83. The van der Waals surface area contributed by atoms with Gasteiger partial charge >= 0.3 is 0 Å². The Hall–Kier alpha value is -1.43. The number of ketones is 2. The second-order valence-electron chi connectivity index (χ2n) is 8.64. The Balaban J connectivity index is 1.75. The standard InChI is InChI=1S/C20H25NO2/c1-19-10-8-17(22)13(11-21)15(19)4-3-12-14-5-6-18(23)20(14,2)9-7-16(12)19/h12,14,16H,3-10H2,1-2H3/t12?,14?,16?,19-,20-/m0/s1. The predicted molar refractivity (Wildman–Crippen MR) is 86.3 cm³/mol. The molecule has 0 spiro atoms. The van der Waals surface area contributed by atoms with Crippen LogP contribution in [0, 0.1) is 39.9 Å². The van der Waals surface area contributed by atoms with Gasteiger partial charge in [-0.3, -0.25) is 9.59 Å². The van der Waals surface area contributed by atoms with Gasteiger partial charge in [0.15, 0.2) is 5.78 Å². The number of carbonyl (C=O) groups excluding carboxylic acids is 2. The first-order valence-electron chi connectivity index (χ1n) is 9.12. The Kier molecular flexibility index (Phi) is 3.15. The summed E-state index contributed by atoms with van der Waals surface area (Å²) in [5.74, 6) is 2.20. The molecule has 0 heterocycles. The number of fused-ring (bicyclic) bond motifs is 5. The number of Topliss-reactive ketones (excluding diaryl/α,β-unsaturated/α-hetero) is 2. The number of carbonyl (C=O) groups is 2. The third-order valence-electron chi connectivity index (χ3n) is 7.95. The van der Waals surface area contributed by atoms with Crippen molar-refractivity contribution in [2.45, 2.75) is 65.2 Å². The number of nitriles is 1. The molecule has 0 aromatic heterocycles. The summed E-state index contributed by atoms with van der Waals surface area (Å²) >= 11 is 0. The lowest BCUT2D eigenvalue weighted by atomic mass is 9.47. The maximum atomic E-state index is 12.4. The van der Waals surface area contributed by atoms with Crippen LogP contribution in [0.25, 0.3) is 0 Å². The third-order valence-corrected chi connectivity index (χ3v) is 7.95. The normalized spacial score (nSPS) is 46.0. The second-order valence-corrected chi connectivity index (χ2v) is 8.64. The molecule has 23 heavy (non-hydrogen) atoms. The third kappa shape index (κ3) is 1.81. The lowest BCUT2D eigenvalue weighted by molar-refractivity contribution is -0.132. The van der Waals surface area contributed by atoms with Crippen LogP contribution in [0.2, 0.25) is 0 Å². The van der Waals surface area contributed by atoms with Gasteiger partial charge < -0.3 is 0 Å². The van der Waals surface area contributed by atoms with Crippen LogP contribution in [0.1, 0.15) is 65.2 Å². The molecule has 122 valence electrons. The van der Waals surface area contributed by atoms with Crippen molar-refractivity contribution in [3.8, 4) is 6.07 Å². The van der Waals surface area contributed by atoms with E-state index in [1.165, 1.54) is 0 Å². The fourth-order valence-corrected chi connectivity index (χ4v) is 6.62. The number of hydrogen-bond donors (Lipinski definition) is 0. The summed E-state index contributed by atoms with van der Waals surface area (Å²) in [6.07, 6.45) is 7.24. The summed E-state index contributed by atoms with van der Waals surface area (Å²) in [5, 5.41) is 9.46. The molecule has 3 unspecified atom stereocenters. The van der Waals surface area contributed by atoms with Crippen LogP contribution in [-0.2, 0) is 9.59 Å². The van der Waals surface area contributed by atoms with Crippen LogP contribution < -0.4 is 0 Å². The fraction of sp³-hybridized carbons (Fsp3) is 0.750. The first-order chi connectivity index (χ1) is 10.9. The minimum atomic E-state index is -0.0959. The van der Waals surface area contributed by atoms with Gasteiger partial charge in [0, 0.05) is 18.3 Å². The highest BCUT2D eigenvalue weighted by Crippen LogP contribution is 2.64. The zero-order chi connectivity index (χ0) is 16.4. The molecule has 0 aromatic rings. The lowest BCUT2D eigenvalue weighted by Crippen LogP contribution is -2.51. The van der Waals surface area contributed by atoms with Gasteiger partial charge in [-0.15, -0.1) is 0 Å². The summed E-state index contributed by atoms with van der Waals surface area (Å²) in [5.41, 5.74) is 1.52. The highest BCUT2D eigenvalue weighted by Gasteiger charge is 2.59. The van der Waals surface area contributed by atoms with E-state index < -0.39 is 0 Å². The van der Waals surface area contributed by atoms with E-state index in [4.69, 9.17) is 0 Å². The molecule has 4 aliphatic rings. The van der Waals surface area contributed by atoms with Crippen molar-refractivity contribution >= 4 is 11.6 Å². The minimum Gasteiger partial charge on any atom is -0.299 e. The van der Waals surface area contributed by atoms with Gasteiger partial charge in [-0.05, 0) is 67.3 Å². The number of nitrogens with zero attached hydrogens (tertiary/aromatic N) is 1. The minimum absolute atomic E-state index is 0.00879. The predicted octanol–water partition coefficient (Wildman–Crippen LogP) is 3.98. The molecule has 0 radical (unpaired) electrons. The Labute approximate surface area is 138 Å². The quantitative estimate of drug-likeness (QED) is 0.680. The van der Waals surface area contributed by atoms with E-state index in [-0.39, 0.29) is 16.6 Å². The molecule has 5 atom stereocenters. The molecular weight excluding hydrogens is 286 g/mol. The van der Waals surface area contributed by atoms with Crippen molar-refractivity contribution in [1.82, 2.24) is 0 Å². The van der Waals surface area contributed by atoms with Crippen molar-refractivity contribution in [2.75, 3.05) is 0 Å². The molecule has 4 rings (SSSR count). The van der Waals surface area contributed by atoms with Gasteiger partial charge in [-0.1, -0.05) is 13.8 Å². The van der Waals surface area contributed by atoms with Crippen LogP contribution in [0.5, 0.6) is 0 Å². The van der Waals surface area contributed by atoms with Crippen LogP contribution >= 0.6 is 0 Å². The SMILES string of the molecule is C[C@]12CCC(=O)C(C#N)=C1CCC1C2CC[C@]2(C)C(=O)CCC12. The lowest BCUT2D eigenvalue weighted by Gasteiger charge is -2.57. The average molecular weight is 311 g/mol. The van der Waals surface area contributed by atoms with Crippen molar-refractivity contribution in [2.24, 2.45) is 28.6 Å². The summed E-state index contributed by atoms with van der Waals surface area (Å²) in [6.45, 7) is 4.49. The highest BCUT2D eigenvalue weighted by atomic mass is 16.1. The fourth-order valence-electron chi connectivity index (χ4n) is 6.62. The topological polar surface area (TPSA) is 57.9 Å². The molecular formula is C20H25NO2. The molecule has 0 bridgehead atoms. The van der Waals surface area contributed by atoms with Gasteiger partial charge in [0.05, 0.1) is 5.57 Å². The molecule has 3 heteroatoms. The Morgan fingerprint density at radius 1 is 0.957 bits per heavy atom. The molecule has 0 aliphatic heterocycles. The summed E-state index contributed by atoms with van der Waals surface area (Å²) < 4.78 is 0. The van der Waals surface area contributed by atoms with Gasteiger partial charge in [-0.25, -0.2) is 0 Å². The van der Waals surface area contributed by atoms with Crippen molar-refractivity contribution in [3.05, 3.63) is 11.1 Å². The first kappa shape index (κ1) is 15.1.